The third-order valence-corrected chi connectivity index (χ3v) is 4.21. The lowest BCUT2D eigenvalue weighted by Crippen LogP contribution is -2.08. The third kappa shape index (κ3) is 2.69. The van der Waals surface area contributed by atoms with Crippen LogP contribution in [0.3, 0.4) is 0 Å². The van der Waals surface area contributed by atoms with E-state index >= 15 is 0 Å². The SMILES string of the molecule is CCCn1c(C(C)C)nc(-c2cccc(C3CC3)c2)c1N. The summed E-state index contributed by atoms with van der Waals surface area (Å²) in [5.74, 6) is 3.06. The third-order valence-electron chi connectivity index (χ3n) is 4.21. The molecule has 0 spiro atoms. The van der Waals surface area contributed by atoms with Crippen LogP contribution in [0.25, 0.3) is 11.3 Å². The maximum Gasteiger partial charge on any atom is 0.131 e. The molecule has 1 aromatic carbocycles. The molecule has 1 heterocycles. The highest BCUT2D eigenvalue weighted by Crippen LogP contribution is 2.41. The molecule has 3 rings (SSSR count). The first-order chi connectivity index (χ1) is 10.1. The molecule has 1 aliphatic rings. The Morgan fingerprint density at radius 1 is 1.33 bits per heavy atom. The standard InChI is InChI=1S/C18H25N3/c1-4-10-21-17(19)16(20-18(21)12(2)3)15-7-5-6-14(11-15)13-8-9-13/h5-7,11-13H,4,8-10,19H2,1-3H3. The van der Waals surface area contributed by atoms with Crippen LogP contribution in [-0.4, -0.2) is 9.55 Å². The zero-order chi connectivity index (χ0) is 15.0. The lowest BCUT2D eigenvalue weighted by atomic mass is 10.1. The summed E-state index contributed by atoms with van der Waals surface area (Å²) in [5, 5.41) is 0. The maximum atomic E-state index is 6.40. The van der Waals surface area contributed by atoms with Crippen LogP contribution in [0.2, 0.25) is 0 Å². The van der Waals surface area contributed by atoms with Crippen molar-refractivity contribution < 1.29 is 0 Å². The van der Waals surface area contributed by atoms with Crippen molar-refractivity contribution in [2.75, 3.05) is 5.73 Å². The van der Waals surface area contributed by atoms with Crippen LogP contribution >= 0.6 is 0 Å². The second kappa shape index (κ2) is 5.55. The van der Waals surface area contributed by atoms with E-state index in [-0.39, 0.29) is 0 Å². The van der Waals surface area contributed by atoms with Crippen molar-refractivity contribution in [2.24, 2.45) is 0 Å². The molecule has 21 heavy (non-hydrogen) atoms. The smallest absolute Gasteiger partial charge is 0.131 e. The highest BCUT2D eigenvalue weighted by molar-refractivity contribution is 5.72. The number of benzene rings is 1. The minimum absolute atomic E-state index is 0.388. The number of rotatable bonds is 5. The predicted molar refractivity (Wildman–Crippen MR) is 88.4 cm³/mol. The number of hydrogen-bond acceptors (Lipinski definition) is 2. The van der Waals surface area contributed by atoms with E-state index in [1.54, 1.807) is 0 Å². The molecule has 2 aromatic rings. The average Bonchev–Trinajstić information content (AvgIpc) is 3.26. The first-order valence-corrected chi connectivity index (χ1v) is 8.08. The Morgan fingerprint density at radius 2 is 2.10 bits per heavy atom. The number of imidazole rings is 1. The minimum atomic E-state index is 0.388. The van der Waals surface area contributed by atoms with Gasteiger partial charge in [0.1, 0.15) is 17.3 Å². The van der Waals surface area contributed by atoms with Gasteiger partial charge in [-0.1, -0.05) is 39.0 Å². The predicted octanol–water partition coefficient (Wildman–Crippen LogP) is 4.54. The van der Waals surface area contributed by atoms with Crippen molar-refractivity contribution in [1.29, 1.82) is 0 Å². The van der Waals surface area contributed by atoms with Gasteiger partial charge in [0.15, 0.2) is 0 Å². The molecule has 1 aromatic heterocycles. The van der Waals surface area contributed by atoms with Gasteiger partial charge in [-0.2, -0.15) is 0 Å². The van der Waals surface area contributed by atoms with Crippen molar-refractivity contribution in [3.05, 3.63) is 35.7 Å². The Morgan fingerprint density at radius 3 is 2.71 bits per heavy atom. The lowest BCUT2D eigenvalue weighted by Gasteiger charge is -2.10. The molecule has 0 radical (unpaired) electrons. The van der Waals surface area contributed by atoms with E-state index in [9.17, 15) is 0 Å². The van der Waals surface area contributed by atoms with E-state index in [1.165, 1.54) is 18.4 Å². The molecule has 1 saturated carbocycles. The average molecular weight is 283 g/mol. The second-order valence-electron chi connectivity index (χ2n) is 6.41. The molecule has 0 saturated heterocycles. The minimum Gasteiger partial charge on any atom is -0.383 e. The molecule has 0 aliphatic heterocycles. The molecule has 1 aliphatic carbocycles. The number of nitrogens with zero attached hydrogens (tertiary/aromatic N) is 2. The van der Waals surface area contributed by atoms with Gasteiger partial charge in [-0.3, -0.25) is 0 Å². The molecule has 0 bridgehead atoms. The Balaban J connectivity index is 2.05. The molecular formula is C18H25N3. The van der Waals surface area contributed by atoms with E-state index in [4.69, 9.17) is 10.7 Å². The summed E-state index contributed by atoms with van der Waals surface area (Å²) in [4.78, 5) is 4.86. The van der Waals surface area contributed by atoms with E-state index in [0.29, 0.717) is 5.92 Å². The van der Waals surface area contributed by atoms with Crippen LogP contribution in [0, 0.1) is 0 Å². The van der Waals surface area contributed by atoms with Gasteiger partial charge in [0, 0.05) is 18.0 Å². The summed E-state index contributed by atoms with van der Waals surface area (Å²) in [6.45, 7) is 7.47. The molecule has 112 valence electrons. The summed E-state index contributed by atoms with van der Waals surface area (Å²) >= 11 is 0. The number of nitrogens with two attached hydrogens (primary N) is 1. The largest absolute Gasteiger partial charge is 0.383 e. The molecule has 0 unspecified atom stereocenters. The van der Waals surface area contributed by atoms with Gasteiger partial charge in [-0.15, -0.1) is 0 Å². The fraction of sp³-hybridized carbons (Fsp3) is 0.500. The van der Waals surface area contributed by atoms with Crippen molar-refractivity contribution in [3.63, 3.8) is 0 Å². The van der Waals surface area contributed by atoms with Crippen LogP contribution in [0.5, 0.6) is 0 Å². The van der Waals surface area contributed by atoms with E-state index < -0.39 is 0 Å². The Hall–Kier alpha value is -1.77. The first-order valence-electron chi connectivity index (χ1n) is 8.08. The maximum absolute atomic E-state index is 6.40. The summed E-state index contributed by atoms with van der Waals surface area (Å²) in [6, 6.07) is 8.77. The molecule has 1 fully saturated rings. The summed E-state index contributed by atoms with van der Waals surface area (Å²) in [5.41, 5.74) is 9.95. The van der Waals surface area contributed by atoms with Gasteiger partial charge in [0.25, 0.3) is 0 Å². The molecule has 0 amide bonds. The van der Waals surface area contributed by atoms with Crippen molar-refractivity contribution >= 4 is 5.82 Å². The van der Waals surface area contributed by atoms with Crippen LogP contribution in [0.15, 0.2) is 24.3 Å². The van der Waals surface area contributed by atoms with Crippen LogP contribution < -0.4 is 5.73 Å². The Kier molecular flexibility index (Phi) is 3.75. The molecular weight excluding hydrogens is 258 g/mol. The summed E-state index contributed by atoms with van der Waals surface area (Å²) in [7, 11) is 0. The van der Waals surface area contributed by atoms with E-state index in [0.717, 1.165) is 41.8 Å². The highest BCUT2D eigenvalue weighted by atomic mass is 15.1. The zero-order valence-corrected chi connectivity index (χ0v) is 13.3. The molecule has 0 atom stereocenters. The number of nitrogen functional groups attached to an aromatic ring is 1. The lowest BCUT2D eigenvalue weighted by molar-refractivity contribution is 0.616. The van der Waals surface area contributed by atoms with E-state index in [1.807, 2.05) is 0 Å². The van der Waals surface area contributed by atoms with Gasteiger partial charge >= 0.3 is 0 Å². The molecule has 3 nitrogen and oxygen atoms in total. The van der Waals surface area contributed by atoms with Gasteiger partial charge in [0.2, 0.25) is 0 Å². The number of aromatic nitrogens is 2. The van der Waals surface area contributed by atoms with Crippen LogP contribution in [0.1, 0.15) is 63.3 Å². The summed E-state index contributed by atoms with van der Waals surface area (Å²) < 4.78 is 2.18. The Labute approximate surface area is 127 Å². The number of hydrogen-bond donors (Lipinski definition) is 1. The Bertz CT molecular complexity index is 636. The van der Waals surface area contributed by atoms with Crippen LogP contribution in [0.4, 0.5) is 5.82 Å². The number of anilines is 1. The fourth-order valence-corrected chi connectivity index (χ4v) is 2.95. The highest BCUT2D eigenvalue weighted by Gasteiger charge is 2.24. The van der Waals surface area contributed by atoms with E-state index in [2.05, 4.69) is 49.6 Å². The fourth-order valence-electron chi connectivity index (χ4n) is 2.95. The van der Waals surface area contributed by atoms with Crippen molar-refractivity contribution in [2.45, 2.75) is 58.4 Å². The first kappa shape index (κ1) is 14.2. The topological polar surface area (TPSA) is 43.8 Å². The van der Waals surface area contributed by atoms with Crippen LogP contribution in [-0.2, 0) is 6.54 Å². The quantitative estimate of drug-likeness (QED) is 0.875. The van der Waals surface area contributed by atoms with Gasteiger partial charge in [-0.25, -0.2) is 4.98 Å². The molecule has 2 N–H and O–H groups in total. The zero-order valence-electron chi connectivity index (χ0n) is 13.3. The normalized spacial score (nSPS) is 14.9. The van der Waals surface area contributed by atoms with Crippen molar-refractivity contribution in [1.82, 2.24) is 9.55 Å². The van der Waals surface area contributed by atoms with Gasteiger partial charge in [0.05, 0.1) is 0 Å². The van der Waals surface area contributed by atoms with Gasteiger partial charge < -0.3 is 10.3 Å². The molecule has 3 heteroatoms. The summed E-state index contributed by atoms with van der Waals surface area (Å²) in [6.07, 6.45) is 3.71. The van der Waals surface area contributed by atoms with Gasteiger partial charge in [-0.05, 0) is 36.8 Å². The van der Waals surface area contributed by atoms with Crippen molar-refractivity contribution in [3.8, 4) is 11.3 Å². The monoisotopic (exact) mass is 283 g/mol. The second-order valence-corrected chi connectivity index (χ2v) is 6.41.